The number of carbonyl (C=O) groups excluding carboxylic acids is 2. The molecular weight excluding hydrogens is 513 g/mol. The number of nitrogens with zero attached hydrogens (tertiary/aromatic N) is 1. The zero-order valence-electron chi connectivity index (χ0n) is 13.7. The van der Waals surface area contributed by atoms with Crippen molar-refractivity contribution in [2.24, 2.45) is 0 Å². The van der Waals surface area contributed by atoms with Crippen LogP contribution in [0.25, 0.3) is 11.3 Å². The molecule has 0 spiro atoms. The summed E-state index contributed by atoms with van der Waals surface area (Å²) in [6.07, 6.45) is 0. The standard InChI is InChI=1S/C19H13BrINO4/c1-2-25-19(24)18-15(17(23)12-3-7-13(20)8-4-12)16(22-26-18)11-5-9-14(21)10-6-11/h3-10H,2H2,1H3. The summed E-state index contributed by atoms with van der Waals surface area (Å²) in [7, 11) is 0. The van der Waals surface area contributed by atoms with Crippen LogP contribution < -0.4 is 0 Å². The molecule has 2 aromatic carbocycles. The van der Waals surface area contributed by atoms with Crippen LogP contribution in [-0.2, 0) is 4.74 Å². The molecule has 0 amide bonds. The number of halogens is 2. The van der Waals surface area contributed by atoms with Gasteiger partial charge < -0.3 is 9.26 Å². The maximum atomic E-state index is 13.1. The number of benzene rings is 2. The smallest absolute Gasteiger partial charge is 0.377 e. The van der Waals surface area contributed by atoms with Crippen LogP contribution in [0.5, 0.6) is 0 Å². The molecule has 0 radical (unpaired) electrons. The van der Waals surface area contributed by atoms with Crippen molar-refractivity contribution >= 4 is 50.3 Å². The van der Waals surface area contributed by atoms with Crippen molar-refractivity contribution in [3.63, 3.8) is 0 Å². The maximum absolute atomic E-state index is 13.1. The van der Waals surface area contributed by atoms with Gasteiger partial charge in [0.25, 0.3) is 5.76 Å². The molecule has 0 saturated heterocycles. The summed E-state index contributed by atoms with van der Waals surface area (Å²) < 4.78 is 12.1. The number of rotatable bonds is 5. The summed E-state index contributed by atoms with van der Waals surface area (Å²) in [5.74, 6) is -1.25. The van der Waals surface area contributed by atoms with E-state index in [2.05, 4.69) is 43.7 Å². The molecular formula is C19H13BrINO4. The molecule has 26 heavy (non-hydrogen) atoms. The predicted octanol–water partition coefficient (Wildman–Crippen LogP) is 5.12. The lowest BCUT2D eigenvalue weighted by Gasteiger charge is -2.05. The average molecular weight is 526 g/mol. The number of esters is 1. The molecule has 3 aromatic rings. The van der Waals surface area contributed by atoms with E-state index in [0.29, 0.717) is 16.8 Å². The molecule has 1 aromatic heterocycles. The molecule has 3 rings (SSSR count). The SMILES string of the molecule is CCOC(=O)c1onc(-c2ccc(I)cc2)c1C(=O)c1ccc(Br)cc1. The van der Waals surface area contributed by atoms with Crippen LogP contribution in [0.3, 0.4) is 0 Å². The van der Waals surface area contributed by atoms with Gasteiger partial charge in [0.15, 0.2) is 5.78 Å². The van der Waals surface area contributed by atoms with Gasteiger partial charge in [-0.1, -0.05) is 33.2 Å². The van der Waals surface area contributed by atoms with Crippen LogP contribution in [0.2, 0.25) is 0 Å². The van der Waals surface area contributed by atoms with Gasteiger partial charge in [0, 0.05) is 19.2 Å². The van der Waals surface area contributed by atoms with Crippen LogP contribution in [-0.4, -0.2) is 23.5 Å². The quantitative estimate of drug-likeness (QED) is 0.263. The summed E-state index contributed by atoms with van der Waals surface area (Å²) >= 11 is 5.53. The molecule has 1 heterocycles. The normalized spacial score (nSPS) is 10.6. The highest BCUT2D eigenvalue weighted by Gasteiger charge is 2.30. The highest BCUT2D eigenvalue weighted by Crippen LogP contribution is 2.29. The van der Waals surface area contributed by atoms with Gasteiger partial charge in [-0.2, -0.15) is 0 Å². The van der Waals surface area contributed by atoms with E-state index >= 15 is 0 Å². The Morgan fingerprint density at radius 1 is 1.12 bits per heavy atom. The first kappa shape index (κ1) is 18.8. The third-order valence-electron chi connectivity index (χ3n) is 3.60. The lowest BCUT2D eigenvalue weighted by Crippen LogP contribution is -2.11. The number of ketones is 1. The van der Waals surface area contributed by atoms with Gasteiger partial charge in [0.2, 0.25) is 0 Å². The number of ether oxygens (including phenoxy) is 1. The minimum Gasteiger partial charge on any atom is -0.460 e. The summed E-state index contributed by atoms with van der Waals surface area (Å²) in [6, 6.07) is 14.3. The van der Waals surface area contributed by atoms with Crippen molar-refractivity contribution in [1.82, 2.24) is 5.16 Å². The van der Waals surface area contributed by atoms with Crippen LogP contribution in [0.15, 0.2) is 57.5 Å². The zero-order valence-corrected chi connectivity index (χ0v) is 17.4. The van der Waals surface area contributed by atoms with E-state index < -0.39 is 5.97 Å². The fourth-order valence-electron chi connectivity index (χ4n) is 2.39. The van der Waals surface area contributed by atoms with E-state index in [1.807, 2.05) is 24.3 Å². The Kier molecular flexibility index (Phi) is 5.87. The van der Waals surface area contributed by atoms with Crippen LogP contribution in [0.4, 0.5) is 0 Å². The Labute approximate surface area is 172 Å². The molecule has 0 saturated carbocycles. The first-order chi connectivity index (χ1) is 12.5. The number of hydrogen-bond donors (Lipinski definition) is 0. The van der Waals surface area contributed by atoms with Crippen molar-refractivity contribution in [2.45, 2.75) is 6.92 Å². The summed E-state index contributed by atoms with van der Waals surface area (Å²) in [6.45, 7) is 1.86. The van der Waals surface area contributed by atoms with Gasteiger partial charge >= 0.3 is 5.97 Å². The lowest BCUT2D eigenvalue weighted by molar-refractivity contribution is 0.0476. The van der Waals surface area contributed by atoms with Crippen molar-refractivity contribution in [3.05, 3.63) is 73.5 Å². The molecule has 132 valence electrons. The molecule has 0 aliphatic rings. The highest BCUT2D eigenvalue weighted by atomic mass is 127. The molecule has 5 nitrogen and oxygen atoms in total. The minimum absolute atomic E-state index is 0.104. The first-order valence-corrected chi connectivity index (χ1v) is 9.61. The van der Waals surface area contributed by atoms with Gasteiger partial charge in [-0.15, -0.1) is 0 Å². The second-order valence-electron chi connectivity index (χ2n) is 5.30. The van der Waals surface area contributed by atoms with E-state index in [9.17, 15) is 9.59 Å². The highest BCUT2D eigenvalue weighted by molar-refractivity contribution is 14.1. The van der Waals surface area contributed by atoms with Crippen LogP contribution in [0.1, 0.15) is 33.4 Å². The molecule has 7 heteroatoms. The largest absolute Gasteiger partial charge is 0.460 e. The van der Waals surface area contributed by atoms with Gasteiger partial charge in [-0.3, -0.25) is 4.79 Å². The lowest BCUT2D eigenvalue weighted by atomic mass is 9.98. The monoisotopic (exact) mass is 525 g/mol. The Morgan fingerprint density at radius 2 is 1.77 bits per heavy atom. The van der Waals surface area contributed by atoms with E-state index in [1.165, 1.54) is 0 Å². The first-order valence-electron chi connectivity index (χ1n) is 7.74. The second-order valence-corrected chi connectivity index (χ2v) is 7.46. The van der Waals surface area contributed by atoms with Crippen molar-refractivity contribution in [3.8, 4) is 11.3 Å². The van der Waals surface area contributed by atoms with Crippen molar-refractivity contribution < 1.29 is 18.8 Å². The fraction of sp³-hybridized carbons (Fsp3) is 0.105. The molecule has 0 aliphatic heterocycles. The average Bonchev–Trinajstić information content (AvgIpc) is 3.07. The minimum atomic E-state index is -0.711. The Morgan fingerprint density at radius 3 is 2.38 bits per heavy atom. The maximum Gasteiger partial charge on any atom is 0.377 e. The summed E-state index contributed by atoms with van der Waals surface area (Å²) in [5, 5.41) is 3.98. The molecule has 0 aliphatic carbocycles. The van der Waals surface area contributed by atoms with E-state index in [-0.39, 0.29) is 23.7 Å². The number of aromatic nitrogens is 1. The molecule has 0 unspecified atom stereocenters. The van der Waals surface area contributed by atoms with E-state index in [1.54, 1.807) is 31.2 Å². The van der Waals surface area contributed by atoms with Crippen LogP contribution in [0, 0.1) is 3.57 Å². The molecule has 0 fully saturated rings. The van der Waals surface area contributed by atoms with E-state index in [0.717, 1.165) is 8.04 Å². The fourth-order valence-corrected chi connectivity index (χ4v) is 3.01. The van der Waals surface area contributed by atoms with Gasteiger partial charge in [0.05, 0.1) is 6.61 Å². The second kappa shape index (κ2) is 8.13. The Bertz CT molecular complexity index is 949. The topological polar surface area (TPSA) is 69.4 Å². The predicted molar refractivity (Wildman–Crippen MR) is 108 cm³/mol. The number of carbonyl (C=O) groups is 2. The van der Waals surface area contributed by atoms with Crippen LogP contribution >= 0.6 is 38.5 Å². The Hall–Kier alpha value is -2.00. The van der Waals surface area contributed by atoms with E-state index in [4.69, 9.17) is 9.26 Å². The summed E-state index contributed by atoms with van der Waals surface area (Å²) in [4.78, 5) is 25.3. The molecule has 0 bridgehead atoms. The van der Waals surface area contributed by atoms with Gasteiger partial charge in [-0.05, 0) is 65.9 Å². The number of hydrogen-bond acceptors (Lipinski definition) is 5. The third-order valence-corrected chi connectivity index (χ3v) is 4.85. The molecule has 0 N–H and O–H groups in total. The van der Waals surface area contributed by atoms with Crippen molar-refractivity contribution in [1.29, 1.82) is 0 Å². The third kappa shape index (κ3) is 3.88. The summed E-state index contributed by atoms with van der Waals surface area (Å²) in [5.41, 5.74) is 1.53. The molecule has 0 atom stereocenters. The van der Waals surface area contributed by atoms with Gasteiger partial charge in [-0.25, -0.2) is 4.79 Å². The van der Waals surface area contributed by atoms with Crippen molar-refractivity contribution in [2.75, 3.05) is 6.61 Å². The zero-order chi connectivity index (χ0) is 18.7. The Balaban J connectivity index is 2.14. The van der Waals surface area contributed by atoms with Gasteiger partial charge in [0.1, 0.15) is 11.3 Å².